The first-order valence-electron chi connectivity index (χ1n) is 3.45. The first kappa shape index (κ1) is 17.9. The average Bonchev–Trinajstić information content (AvgIpc) is 1.14. The second kappa shape index (κ2) is 5.62. The Balaban J connectivity index is -0.000000320. The molecule has 0 aliphatic heterocycles. The monoisotopic (exact) mass is 217 g/mol. The van der Waals surface area contributed by atoms with Crippen LogP contribution in [0.25, 0.3) is 0 Å². The van der Waals surface area contributed by atoms with E-state index in [0.29, 0.717) is 10.3 Å². The molecule has 0 heterocycles. The third-order valence-corrected chi connectivity index (χ3v) is 2.01. The van der Waals surface area contributed by atoms with E-state index in [1.807, 2.05) is 0 Å². The van der Waals surface area contributed by atoms with Crippen LogP contribution >= 0.6 is 33.4 Å². The van der Waals surface area contributed by atoms with Crippen LogP contribution in [0.4, 0.5) is 0 Å². The van der Waals surface area contributed by atoms with Crippen LogP contribution in [0.2, 0.25) is 0 Å². The maximum Gasteiger partial charge on any atom is -0.0136 e. The molecule has 0 fully saturated rings. The third kappa shape index (κ3) is 18.2. The quantitative estimate of drug-likeness (QED) is 0.529. The maximum atomic E-state index is 2.28. The van der Waals surface area contributed by atoms with Gasteiger partial charge in [0.05, 0.1) is 0 Å². The predicted octanol–water partition coefficient (Wildman–Crippen LogP) is 4.37. The molecule has 0 unspecified atom stereocenters. The molecule has 0 rings (SSSR count). The molecule has 0 aliphatic rings. The van der Waals surface area contributed by atoms with Crippen molar-refractivity contribution in [1.29, 1.82) is 0 Å². The lowest BCUT2D eigenvalue weighted by molar-refractivity contribution is 0.725. The first-order chi connectivity index (χ1) is 3.71. The Hall–Kier alpha value is 1.01. The summed E-state index contributed by atoms with van der Waals surface area (Å²) >= 11 is 0. The molecular formula is C8H20Cl2P. The van der Waals surface area contributed by atoms with Gasteiger partial charge in [0.15, 0.2) is 0 Å². The average molecular weight is 218 g/mol. The molecule has 0 bridgehead atoms. The predicted molar refractivity (Wildman–Crippen MR) is 60.9 cm³/mol. The van der Waals surface area contributed by atoms with Gasteiger partial charge in [-0.2, -0.15) is 0 Å². The molecule has 0 spiro atoms. The summed E-state index contributed by atoms with van der Waals surface area (Å²) in [5.74, 6) is 0. The summed E-state index contributed by atoms with van der Waals surface area (Å²) in [5.41, 5.74) is 0. The maximum absolute atomic E-state index is 2.28. The van der Waals surface area contributed by atoms with Gasteiger partial charge < -0.3 is 0 Å². The van der Waals surface area contributed by atoms with Gasteiger partial charge in [0.25, 0.3) is 0 Å². The van der Waals surface area contributed by atoms with Crippen molar-refractivity contribution in [2.45, 2.75) is 51.9 Å². The summed E-state index contributed by atoms with van der Waals surface area (Å²) < 4.78 is 0. The van der Waals surface area contributed by atoms with Crippen molar-refractivity contribution in [2.75, 3.05) is 0 Å². The highest BCUT2D eigenvalue weighted by atomic mass is 35.5. The molecule has 0 aliphatic carbocycles. The van der Waals surface area contributed by atoms with Gasteiger partial charge in [-0.3, -0.25) is 0 Å². The van der Waals surface area contributed by atoms with E-state index in [2.05, 4.69) is 41.5 Å². The SMILES string of the molecule is CC(C)(C)[P]C(C)(C)C.Cl.Cl. The Morgan fingerprint density at radius 3 is 0.818 bits per heavy atom. The van der Waals surface area contributed by atoms with Crippen molar-refractivity contribution < 1.29 is 0 Å². The zero-order valence-electron chi connectivity index (χ0n) is 8.26. The topological polar surface area (TPSA) is 0 Å². The highest BCUT2D eigenvalue weighted by Crippen LogP contribution is 2.41. The van der Waals surface area contributed by atoms with Crippen LogP contribution in [0.1, 0.15) is 41.5 Å². The molecule has 0 aromatic carbocycles. The van der Waals surface area contributed by atoms with E-state index in [4.69, 9.17) is 0 Å². The minimum absolute atomic E-state index is 0. The van der Waals surface area contributed by atoms with Crippen molar-refractivity contribution in [1.82, 2.24) is 0 Å². The van der Waals surface area contributed by atoms with E-state index in [1.165, 1.54) is 8.58 Å². The second-order valence-corrected chi connectivity index (χ2v) is 7.36. The van der Waals surface area contributed by atoms with E-state index < -0.39 is 0 Å². The fourth-order valence-electron chi connectivity index (χ4n) is 1.01. The fourth-order valence-corrected chi connectivity index (χ4v) is 3.02. The van der Waals surface area contributed by atoms with Crippen LogP contribution in [0.3, 0.4) is 0 Å². The molecule has 0 saturated carbocycles. The molecule has 0 saturated heterocycles. The normalized spacial score (nSPS) is 11.5. The van der Waals surface area contributed by atoms with E-state index in [1.54, 1.807) is 0 Å². The Labute approximate surface area is 85.5 Å². The fraction of sp³-hybridized carbons (Fsp3) is 1.00. The van der Waals surface area contributed by atoms with Gasteiger partial charge in [0, 0.05) is 0 Å². The van der Waals surface area contributed by atoms with Gasteiger partial charge in [-0.25, -0.2) is 0 Å². The van der Waals surface area contributed by atoms with Gasteiger partial charge in [-0.15, -0.1) is 24.8 Å². The van der Waals surface area contributed by atoms with E-state index in [0.717, 1.165) is 0 Å². The lowest BCUT2D eigenvalue weighted by atomic mass is 10.2. The third-order valence-electron chi connectivity index (χ3n) is 0.671. The lowest BCUT2D eigenvalue weighted by Gasteiger charge is -2.27. The smallest absolute Gasteiger partial charge is 0.0136 e. The number of hydrogen-bond donors (Lipinski definition) is 0. The van der Waals surface area contributed by atoms with Crippen molar-refractivity contribution >= 4 is 33.4 Å². The Bertz CT molecular complexity index is 77.2. The molecular weight excluding hydrogens is 198 g/mol. The molecule has 11 heavy (non-hydrogen) atoms. The van der Waals surface area contributed by atoms with Crippen molar-refractivity contribution in [3.8, 4) is 0 Å². The van der Waals surface area contributed by atoms with Gasteiger partial charge in [0.1, 0.15) is 0 Å². The van der Waals surface area contributed by atoms with Crippen LogP contribution in [-0.2, 0) is 0 Å². The first-order valence-corrected chi connectivity index (χ1v) is 4.34. The van der Waals surface area contributed by atoms with Crippen LogP contribution in [0.5, 0.6) is 0 Å². The standard InChI is InChI=1S/C8H18P.2ClH/c1-7(2,3)9-8(4,5)6;;/h1-6H3;2*1H. The molecule has 71 valence electrons. The summed E-state index contributed by atoms with van der Waals surface area (Å²) in [7, 11) is 1.53. The van der Waals surface area contributed by atoms with Crippen molar-refractivity contribution in [2.24, 2.45) is 0 Å². The molecule has 3 heteroatoms. The Morgan fingerprint density at radius 1 is 0.636 bits per heavy atom. The van der Waals surface area contributed by atoms with Crippen LogP contribution in [0.15, 0.2) is 0 Å². The van der Waals surface area contributed by atoms with Gasteiger partial charge in [-0.05, 0) is 10.3 Å². The highest BCUT2D eigenvalue weighted by Gasteiger charge is 2.20. The zero-order chi connectivity index (χ0) is 7.71. The van der Waals surface area contributed by atoms with Gasteiger partial charge in [0.2, 0.25) is 0 Å². The molecule has 0 aromatic heterocycles. The molecule has 0 N–H and O–H groups in total. The minimum atomic E-state index is 0. The molecule has 0 nitrogen and oxygen atoms in total. The largest absolute Gasteiger partial charge is 0.147 e. The van der Waals surface area contributed by atoms with Crippen molar-refractivity contribution in [3.63, 3.8) is 0 Å². The van der Waals surface area contributed by atoms with Crippen LogP contribution < -0.4 is 0 Å². The summed E-state index contributed by atoms with van der Waals surface area (Å²) in [6, 6.07) is 0. The Kier molecular flexibility index (Phi) is 9.16. The number of halogens is 2. The number of hydrogen-bond acceptors (Lipinski definition) is 0. The molecule has 1 radical (unpaired) electrons. The summed E-state index contributed by atoms with van der Waals surface area (Å²) in [4.78, 5) is 0. The number of rotatable bonds is 0. The summed E-state index contributed by atoms with van der Waals surface area (Å²) in [5, 5.41) is 0.913. The zero-order valence-corrected chi connectivity index (χ0v) is 10.8. The van der Waals surface area contributed by atoms with E-state index in [-0.39, 0.29) is 24.8 Å². The van der Waals surface area contributed by atoms with Crippen LogP contribution in [-0.4, -0.2) is 10.3 Å². The van der Waals surface area contributed by atoms with Crippen LogP contribution in [0, 0.1) is 0 Å². The second-order valence-electron chi connectivity index (χ2n) is 4.45. The highest BCUT2D eigenvalue weighted by molar-refractivity contribution is 7.41. The summed E-state index contributed by atoms with van der Waals surface area (Å²) in [6.07, 6.45) is 0. The summed E-state index contributed by atoms with van der Waals surface area (Å²) in [6.45, 7) is 13.7. The van der Waals surface area contributed by atoms with Crippen molar-refractivity contribution in [3.05, 3.63) is 0 Å². The van der Waals surface area contributed by atoms with Gasteiger partial charge >= 0.3 is 0 Å². The van der Waals surface area contributed by atoms with E-state index in [9.17, 15) is 0 Å². The van der Waals surface area contributed by atoms with Gasteiger partial charge in [-0.1, -0.05) is 50.1 Å². The molecule has 0 atom stereocenters. The Morgan fingerprint density at radius 2 is 0.818 bits per heavy atom. The lowest BCUT2D eigenvalue weighted by Crippen LogP contribution is -2.16. The van der Waals surface area contributed by atoms with E-state index >= 15 is 0 Å². The molecule has 0 aromatic rings. The molecule has 0 amide bonds. The minimum Gasteiger partial charge on any atom is -0.147 e.